The Labute approximate surface area is 225 Å². The lowest BCUT2D eigenvalue weighted by Crippen LogP contribution is -2.27. The molecule has 0 aliphatic carbocycles. The molecule has 11 nitrogen and oxygen atoms in total. The van der Waals surface area contributed by atoms with Crippen LogP contribution in [0.4, 0.5) is 5.69 Å². The number of amidine groups is 1. The average molecular weight is 553 g/mol. The van der Waals surface area contributed by atoms with E-state index in [1.54, 1.807) is 18.2 Å². The summed E-state index contributed by atoms with van der Waals surface area (Å²) in [6.07, 6.45) is 0.828. The molecule has 204 valence electrons. The highest BCUT2D eigenvalue weighted by molar-refractivity contribution is 7.86. The van der Waals surface area contributed by atoms with E-state index in [1.807, 2.05) is 13.8 Å². The number of benzene rings is 3. The average Bonchev–Trinajstić information content (AvgIpc) is 2.86. The van der Waals surface area contributed by atoms with Gasteiger partial charge in [-0.15, -0.1) is 0 Å². The van der Waals surface area contributed by atoms with Gasteiger partial charge in [0.15, 0.2) is 5.75 Å². The van der Waals surface area contributed by atoms with E-state index in [9.17, 15) is 27.9 Å². The van der Waals surface area contributed by atoms with Crippen LogP contribution in [0.5, 0.6) is 5.75 Å². The molecule has 6 N–H and O–H groups in total. The van der Waals surface area contributed by atoms with Crippen molar-refractivity contribution in [1.29, 1.82) is 5.41 Å². The van der Waals surface area contributed by atoms with E-state index in [4.69, 9.17) is 15.3 Å². The smallest absolute Gasteiger partial charge is 0.336 e. The van der Waals surface area contributed by atoms with Crippen LogP contribution in [0.3, 0.4) is 0 Å². The van der Waals surface area contributed by atoms with E-state index in [0.29, 0.717) is 6.54 Å². The number of rotatable bonds is 10. The Balaban J connectivity index is 2.03. The standard InChI is InChI=1S/C27H28N4O7S/c1-15(2)14-30-25(32)17-8-10-19(21(12-17)27(34)35)18-6-4-5-7-20(18)26(33)31-22-11-9-16(24(28)29)13-23(22)38-39(3,36)37/h4-13,15H,14H2,1-3H3,(H3,28,29)(H,30,32)(H,31,33)(H,34,35). The number of carbonyl (C=O) groups is 3. The number of anilines is 1. The second kappa shape index (κ2) is 11.8. The fourth-order valence-electron chi connectivity index (χ4n) is 3.63. The van der Waals surface area contributed by atoms with Gasteiger partial charge >= 0.3 is 16.1 Å². The molecule has 0 aliphatic rings. The molecule has 12 heteroatoms. The van der Waals surface area contributed by atoms with Crippen molar-refractivity contribution in [3.8, 4) is 16.9 Å². The van der Waals surface area contributed by atoms with E-state index >= 15 is 0 Å². The van der Waals surface area contributed by atoms with Gasteiger partial charge in [-0.3, -0.25) is 15.0 Å². The van der Waals surface area contributed by atoms with Crippen LogP contribution >= 0.6 is 0 Å². The predicted octanol–water partition coefficient (Wildman–Crippen LogP) is 3.31. The molecule has 0 bridgehead atoms. The number of nitrogen functional groups attached to an aromatic ring is 1. The highest BCUT2D eigenvalue weighted by atomic mass is 32.2. The third-order valence-corrected chi connectivity index (χ3v) is 5.91. The summed E-state index contributed by atoms with van der Waals surface area (Å²) in [5.74, 6) is -2.77. The molecule has 0 unspecified atom stereocenters. The van der Waals surface area contributed by atoms with Crippen LogP contribution in [0.1, 0.15) is 50.5 Å². The zero-order chi connectivity index (χ0) is 28.9. The molecule has 0 aromatic heterocycles. The molecule has 3 aromatic rings. The largest absolute Gasteiger partial charge is 0.478 e. The second-order valence-corrected chi connectivity index (χ2v) is 10.7. The maximum Gasteiger partial charge on any atom is 0.336 e. The summed E-state index contributed by atoms with van der Waals surface area (Å²) in [7, 11) is -3.99. The fourth-order valence-corrected chi connectivity index (χ4v) is 4.09. The number of carbonyl (C=O) groups excluding carboxylic acids is 2. The normalized spacial score (nSPS) is 11.1. The van der Waals surface area contributed by atoms with Crippen molar-refractivity contribution in [2.24, 2.45) is 11.7 Å². The van der Waals surface area contributed by atoms with Gasteiger partial charge in [0.1, 0.15) is 5.84 Å². The number of nitrogens with one attached hydrogen (secondary N) is 3. The molecular formula is C27H28N4O7S. The van der Waals surface area contributed by atoms with Gasteiger partial charge in [0.25, 0.3) is 11.8 Å². The van der Waals surface area contributed by atoms with Crippen LogP contribution in [0.2, 0.25) is 0 Å². The summed E-state index contributed by atoms with van der Waals surface area (Å²) in [6.45, 7) is 4.29. The first-order valence-corrected chi connectivity index (χ1v) is 13.5. The van der Waals surface area contributed by atoms with Gasteiger partial charge < -0.3 is 25.7 Å². The van der Waals surface area contributed by atoms with Crippen molar-refractivity contribution in [2.75, 3.05) is 18.1 Å². The minimum absolute atomic E-state index is 0.0131. The van der Waals surface area contributed by atoms with Crippen molar-refractivity contribution in [2.45, 2.75) is 13.8 Å². The second-order valence-electron chi connectivity index (χ2n) is 9.08. The first-order chi connectivity index (χ1) is 18.3. The molecule has 3 rings (SSSR count). The van der Waals surface area contributed by atoms with Gasteiger partial charge in [0, 0.05) is 23.2 Å². The summed E-state index contributed by atoms with van der Waals surface area (Å²) in [4.78, 5) is 38.0. The lowest BCUT2D eigenvalue weighted by atomic mass is 9.93. The monoisotopic (exact) mass is 552 g/mol. The first kappa shape index (κ1) is 28.9. The molecule has 0 heterocycles. The van der Waals surface area contributed by atoms with Crippen LogP contribution in [-0.2, 0) is 10.1 Å². The number of carboxylic acids is 1. The highest BCUT2D eigenvalue weighted by Crippen LogP contribution is 2.31. The Morgan fingerprint density at radius 1 is 0.949 bits per heavy atom. The van der Waals surface area contributed by atoms with Crippen LogP contribution < -0.4 is 20.6 Å². The molecule has 3 aromatic carbocycles. The third kappa shape index (κ3) is 7.42. The van der Waals surface area contributed by atoms with Crippen LogP contribution in [0, 0.1) is 11.3 Å². The molecule has 0 spiro atoms. The van der Waals surface area contributed by atoms with E-state index < -0.39 is 27.9 Å². The zero-order valence-electron chi connectivity index (χ0n) is 21.4. The maximum absolute atomic E-state index is 13.4. The van der Waals surface area contributed by atoms with Gasteiger partial charge in [-0.2, -0.15) is 8.42 Å². The lowest BCUT2D eigenvalue weighted by molar-refractivity contribution is 0.0697. The lowest BCUT2D eigenvalue weighted by Gasteiger charge is -2.16. The van der Waals surface area contributed by atoms with Crippen molar-refractivity contribution in [1.82, 2.24) is 5.32 Å². The minimum Gasteiger partial charge on any atom is -0.478 e. The minimum atomic E-state index is -3.99. The Bertz CT molecular complexity index is 1570. The van der Waals surface area contributed by atoms with E-state index in [0.717, 1.165) is 6.26 Å². The van der Waals surface area contributed by atoms with Crippen LogP contribution in [-0.4, -0.2) is 49.9 Å². The van der Waals surface area contributed by atoms with E-state index in [1.165, 1.54) is 42.5 Å². The molecule has 0 aliphatic heterocycles. The predicted molar refractivity (Wildman–Crippen MR) is 147 cm³/mol. The van der Waals surface area contributed by atoms with Crippen molar-refractivity contribution >= 4 is 39.4 Å². The number of hydrogen-bond donors (Lipinski definition) is 5. The summed E-state index contributed by atoms with van der Waals surface area (Å²) in [6, 6.07) is 14.4. The fraction of sp³-hybridized carbons (Fsp3) is 0.185. The van der Waals surface area contributed by atoms with Gasteiger partial charge in [-0.25, -0.2) is 4.79 Å². The molecule has 2 amide bonds. The molecule has 0 saturated carbocycles. The first-order valence-electron chi connectivity index (χ1n) is 11.7. The Morgan fingerprint density at radius 2 is 1.59 bits per heavy atom. The van der Waals surface area contributed by atoms with Gasteiger partial charge in [0.2, 0.25) is 0 Å². The summed E-state index contributed by atoms with van der Waals surface area (Å²) in [5, 5.41) is 22.8. The van der Waals surface area contributed by atoms with Gasteiger partial charge in [-0.05, 0) is 53.4 Å². The van der Waals surface area contributed by atoms with Crippen molar-refractivity contribution in [3.05, 3.63) is 82.9 Å². The number of carboxylic acid groups (broad SMARTS) is 1. The topological polar surface area (TPSA) is 189 Å². The number of amides is 2. The third-order valence-electron chi connectivity index (χ3n) is 5.43. The van der Waals surface area contributed by atoms with Crippen molar-refractivity contribution < 1.29 is 32.1 Å². The van der Waals surface area contributed by atoms with E-state index in [-0.39, 0.29) is 56.6 Å². The van der Waals surface area contributed by atoms with Crippen LogP contribution in [0.15, 0.2) is 60.7 Å². The zero-order valence-corrected chi connectivity index (χ0v) is 22.3. The Hall–Kier alpha value is -4.71. The Morgan fingerprint density at radius 3 is 2.21 bits per heavy atom. The maximum atomic E-state index is 13.4. The summed E-state index contributed by atoms with van der Waals surface area (Å²) >= 11 is 0. The summed E-state index contributed by atoms with van der Waals surface area (Å²) in [5.41, 5.74) is 6.18. The van der Waals surface area contributed by atoms with Crippen LogP contribution in [0.25, 0.3) is 11.1 Å². The number of aromatic carboxylic acids is 1. The van der Waals surface area contributed by atoms with Gasteiger partial charge in [-0.1, -0.05) is 38.1 Å². The molecule has 0 fully saturated rings. The highest BCUT2D eigenvalue weighted by Gasteiger charge is 2.21. The van der Waals surface area contributed by atoms with Gasteiger partial charge in [0.05, 0.1) is 17.5 Å². The number of nitrogens with two attached hydrogens (primary N) is 1. The molecule has 0 saturated heterocycles. The van der Waals surface area contributed by atoms with Crippen molar-refractivity contribution in [3.63, 3.8) is 0 Å². The quantitative estimate of drug-likeness (QED) is 0.144. The SMILES string of the molecule is CC(C)CNC(=O)c1ccc(-c2ccccc2C(=O)Nc2ccc(C(=N)N)cc2OS(C)(=O)=O)c(C(=O)O)c1. The summed E-state index contributed by atoms with van der Waals surface area (Å²) < 4.78 is 28.5. The molecule has 0 radical (unpaired) electrons. The molecule has 0 atom stereocenters. The molecule has 39 heavy (non-hydrogen) atoms. The number of hydrogen-bond acceptors (Lipinski definition) is 7. The Kier molecular flexibility index (Phi) is 8.71. The van der Waals surface area contributed by atoms with E-state index in [2.05, 4.69) is 10.6 Å². The molecular weight excluding hydrogens is 524 g/mol.